The third kappa shape index (κ3) is 5.20. The Morgan fingerprint density at radius 1 is 1.10 bits per heavy atom. The molecule has 2 rings (SSSR count). The van der Waals surface area contributed by atoms with Crippen LogP contribution in [0.3, 0.4) is 0 Å². The molecule has 0 amide bonds. The number of esters is 1. The highest BCUT2D eigenvalue weighted by atomic mass is 32.2. The van der Waals surface area contributed by atoms with Crippen molar-refractivity contribution in [3.8, 4) is 5.75 Å². The first-order valence-corrected chi connectivity index (χ1v) is 9.95. The van der Waals surface area contributed by atoms with Crippen molar-refractivity contribution in [3.05, 3.63) is 53.6 Å². The number of sulfonamides is 1. The summed E-state index contributed by atoms with van der Waals surface area (Å²) in [5.41, 5.74) is -0.494. The van der Waals surface area contributed by atoms with Crippen LogP contribution in [-0.4, -0.2) is 34.6 Å². The molecule has 2 aromatic carbocycles. The van der Waals surface area contributed by atoms with Gasteiger partial charge in [0, 0.05) is 0 Å². The van der Waals surface area contributed by atoms with Crippen molar-refractivity contribution < 1.29 is 35.9 Å². The standard InChI is InChI=1S/C19H20F3NO5S/c1-4-28-18(24)12-23(15-7-5-14(6-8-15)19(20,21)22)29(25,26)16-9-10-17(27-3)13(2)11-16/h5-11H,4,12H2,1-3H3. The number of nitrogens with zero attached hydrogens (tertiary/aromatic N) is 1. The number of halogens is 3. The number of ether oxygens (including phenoxy) is 2. The van der Waals surface area contributed by atoms with Gasteiger partial charge < -0.3 is 9.47 Å². The van der Waals surface area contributed by atoms with Gasteiger partial charge in [0.1, 0.15) is 12.3 Å². The van der Waals surface area contributed by atoms with E-state index in [1.165, 1.54) is 25.3 Å². The topological polar surface area (TPSA) is 72.9 Å². The molecule has 2 aromatic rings. The predicted molar refractivity (Wildman–Crippen MR) is 100 cm³/mol. The van der Waals surface area contributed by atoms with Crippen LogP contribution in [0, 0.1) is 6.92 Å². The molecule has 0 radical (unpaired) electrons. The number of methoxy groups -OCH3 is 1. The maximum Gasteiger partial charge on any atom is 0.416 e. The fraction of sp³-hybridized carbons (Fsp3) is 0.316. The lowest BCUT2D eigenvalue weighted by Gasteiger charge is -2.24. The lowest BCUT2D eigenvalue weighted by atomic mass is 10.2. The highest BCUT2D eigenvalue weighted by molar-refractivity contribution is 7.92. The van der Waals surface area contributed by atoms with Gasteiger partial charge in [0.2, 0.25) is 0 Å². The molecule has 10 heteroatoms. The minimum absolute atomic E-state index is 0.0291. The molecule has 0 aliphatic rings. The maximum absolute atomic E-state index is 13.2. The zero-order valence-electron chi connectivity index (χ0n) is 16.0. The lowest BCUT2D eigenvalue weighted by Crippen LogP contribution is -2.36. The van der Waals surface area contributed by atoms with Crippen LogP contribution in [0.15, 0.2) is 47.4 Å². The Balaban J connectivity index is 2.52. The van der Waals surface area contributed by atoms with Gasteiger partial charge in [-0.05, 0) is 61.9 Å². The van der Waals surface area contributed by atoms with Crippen LogP contribution in [0.25, 0.3) is 0 Å². The smallest absolute Gasteiger partial charge is 0.416 e. The molecule has 0 N–H and O–H groups in total. The summed E-state index contributed by atoms with van der Waals surface area (Å²) >= 11 is 0. The van der Waals surface area contributed by atoms with Crippen LogP contribution < -0.4 is 9.04 Å². The van der Waals surface area contributed by atoms with Crippen LogP contribution in [0.4, 0.5) is 18.9 Å². The van der Waals surface area contributed by atoms with E-state index in [1.807, 2.05) is 0 Å². The van der Waals surface area contributed by atoms with Crippen molar-refractivity contribution in [1.29, 1.82) is 0 Å². The predicted octanol–water partition coefficient (Wildman–Crippen LogP) is 3.78. The summed E-state index contributed by atoms with van der Waals surface area (Å²) in [6.45, 7) is 2.54. The summed E-state index contributed by atoms with van der Waals surface area (Å²) < 4.78 is 75.4. The molecular formula is C19H20F3NO5S. The molecule has 0 bridgehead atoms. The zero-order valence-corrected chi connectivity index (χ0v) is 16.8. The average Bonchev–Trinajstić information content (AvgIpc) is 2.65. The number of aryl methyl sites for hydroxylation is 1. The minimum Gasteiger partial charge on any atom is -0.496 e. The fourth-order valence-corrected chi connectivity index (χ4v) is 4.09. The molecule has 0 aromatic heterocycles. The Labute approximate surface area is 166 Å². The number of rotatable bonds is 7. The van der Waals surface area contributed by atoms with Gasteiger partial charge in [-0.15, -0.1) is 0 Å². The molecule has 0 fully saturated rings. The van der Waals surface area contributed by atoms with Crippen LogP contribution in [-0.2, 0) is 25.7 Å². The van der Waals surface area contributed by atoms with Crippen LogP contribution in [0.5, 0.6) is 5.75 Å². The minimum atomic E-state index is -4.57. The highest BCUT2D eigenvalue weighted by Crippen LogP contribution is 2.32. The third-order valence-electron chi connectivity index (χ3n) is 4.01. The van der Waals surface area contributed by atoms with Crippen molar-refractivity contribution in [2.75, 3.05) is 24.6 Å². The normalized spacial score (nSPS) is 11.8. The van der Waals surface area contributed by atoms with E-state index < -0.39 is 34.3 Å². The molecule has 0 spiro atoms. The van der Waals surface area contributed by atoms with Crippen molar-refractivity contribution in [3.63, 3.8) is 0 Å². The molecular weight excluding hydrogens is 411 g/mol. The summed E-state index contributed by atoms with van der Waals surface area (Å²) in [7, 11) is -2.83. The number of carbonyl (C=O) groups excluding carboxylic acids is 1. The quantitative estimate of drug-likeness (QED) is 0.624. The van der Waals surface area contributed by atoms with E-state index in [-0.39, 0.29) is 17.2 Å². The largest absolute Gasteiger partial charge is 0.496 e. The Hall–Kier alpha value is -2.75. The Kier molecular flexibility index (Phi) is 6.78. The number of alkyl halides is 3. The van der Waals surface area contributed by atoms with Gasteiger partial charge in [0.05, 0.1) is 29.9 Å². The Bertz CT molecular complexity index is 972. The lowest BCUT2D eigenvalue weighted by molar-refractivity contribution is -0.141. The molecule has 6 nitrogen and oxygen atoms in total. The summed E-state index contributed by atoms with van der Waals surface area (Å²) in [5.74, 6) is -0.364. The monoisotopic (exact) mass is 431 g/mol. The molecule has 0 unspecified atom stereocenters. The van der Waals surface area contributed by atoms with E-state index in [0.29, 0.717) is 15.6 Å². The van der Waals surface area contributed by atoms with Gasteiger partial charge in [0.15, 0.2) is 0 Å². The fourth-order valence-electron chi connectivity index (χ4n) is 2.59. The van der Waals surface area contributed by atoms with Gasteiger partial charge in [-0.2, -0.15) is 13.2 Å². The molecule has 0 saturated heterocycles. The van der Waals surface area contributed by atoms with E-state index in [4.69, 9.17) is 9.47 Å². The Morgan fingerprint density at radius 2 is 1.72 bits per heavy atom. The van der Waals surface area contributed by atoms with Gasteiger partial charge in [-0.1, -0.05) is 0 Å². The molecule has 0 aliphatic carbocycles. The van der Waals surface area contributed by atoms with E-state index in [1.54, 1.807) is 13.8 Å². The van der Waals surface area contributed by atoms with Gasteiger partial charge in [0.25, 0.3) is 10.0 Å². The number of hydrogen-bond acceptors (Lipinski definition) is 5. The van der Waals surface area contributed by atoms with E-state index >= 15 is 0 Å². The Morgan fingerprint density at radius 3 is 2.21 bits per heavy atom. The second-order valence-corrected chi connectivity index (χ2v) is 7.86. The SMILES string of the molecule is CCOC(=O)CN(c1ccc(C(F)(F)F)cc1)S(=O)(=O)c1ccc(OC)c(C)c1. The van der Waals surface area contributed by atoms with E-state index in [2.05, 4.69) is 0 Å². The zero-order chi connectivity index (χ0) is 21.8. The highest BCUT2D eigenvalue weighted by Gasteiger charge is 2.32. The third-order valence-corrected chi connectivity index (χ3v) is 5.78. The second-order valence-electron chi connectivity index (χ2n) is 5.99. The molecule has 0 saturated carbocycles. The molecule has 158 valence electrons. The van der Waals surface area contributed by atoms with Crippen LogP contribution >= 0.6 is 0 Å². The van der Waals surface area contributed by atoms with Crippen molar-refractivity contribution in [2.45, 2.75) is 24.9 Å². The van der Waals surface area contributed by atoms with E-state index in [9.17, 15) is 26.4 Å². The summed E-state index contributed by atoms with van der Waals surface area (Å²) in [6, 6.07) is 7.60. The maximum atomic E-state index is 13.2. The number of anilines is 1. The molecule has 0 aliphatic heterocycles. The van der Waals surface area contributed by atoms with Crippen molar-refractivity contribution >= 4 is 21.7 Å². The second kappa shape index (κ2) is 8.73. The first-order chi connectivity index (χ1) is 13.5. The first kappa shape index (κ1) is 22.5. The number of hydrogen-bond donors (Lipinski definition) is 0. The van der Waals surface area contributed by atoms with Crippen LogP contribution in [0.1, 0.15) is 18.1 Å². The van der Waals surface area contributed by atoms with Crippen molar-refractivity contribution in [2.24, 2.45) is 0 Å². The van der Waals surface area contributed by atoms with Gasteiger partial charge >= 0.3 is 12.1 Å². The van der Waals surface area contributed by atoms with Crippen molar-refractivity contribution in [1.82, 2.24) is 0 Å². The summed E-state index contributed by atoms with van der Waals surface area (Å²) in [5, 5.41) is 0. The van der Waals surface area contributed by atoms with Crippen LogP contribution in [0.2, 0.25) is 0 Å². The molecule has 29 heavy (non-hydrogen) atoms. The van der Waals surface area contributed by atoms with E-state index in [0.717, 1.165) is 24.3 Å². The average molecular weight is 431 g/mol. The number of benzene rings is 2. The van der Waals surface area contributed by atoms with Gasteiger partial charge in [-0.3, -0.25) is 9.10 Å². The molecule has 0 atom stereocenters. The van der Waals surface area contributed by atoms with Gasteiger partial charge in [-0.25, -0.2) is 8.42 Å². The summed E-state index contributed by atoms with van der Waals surface area (Å²) in [6.07, 6.45) is -4.57. The summed E-state index contributed by atoms with van der Waals surface area (Å²) in [4.78, 5) is 11.8. The number of carbonyl (C=O) groups is 1. The first-order valence-electron chi connectivity index (χ1n) is 8.51. The molecule has 0 heterocycles.